The van der Waals surface area contributed by atoms with Crippen LogP contribution >= 0.6 is 0 Å². The Labute approximate surface area is 141 Å². The van der Waals surface area contributed by atoms with Crippen molar-refractivity contribution in [3.05, 3.63) is 54.4 Å². The zero-order chi connectivity index (χ0) is 17.0. The number of carbonyl (C=O) groups is 1. The van der Waals surface area contributed by atoms with Crippen LogP contribution < -0.4 is 10.6 Å². The monoisotopic (exact) mass is 328 g/mol. The lowest BCUT2D eigenvalue weighted by Gasteiger charge is -2.30. The number of urea groups is 1. The molecule has 0 bridgehead atoms. The molecule has 1 aromatic carbocycles. The first-order valence-corrected chi connectivity index (χ1v) is 8.32. The van der Waals surface area contributed by atoms with Crippen LogP contribution in [0, 0.1) is 5.92 Å². The third-order valence-corrected chi connectivity index (χ3v) is 4.64. The molecule has 0 spiro atoms. The fourth-order valence-electron chi connectivity index (χ4n) is 2.96. The van der Waals surface area contributed by atoms with E-state index in [1.165, 1.54) is 0 Å². The van der Waals surface area contributed by atoms with E-state index in [0.29, 0.717) is 12.5 Å². The van der Waals surface area contributed by atoms with E-state index >= 15 is 0 Å². The van der Waals surface area contributed by atoms with Crippen molar-refractivity contribution >= 4 is 6.03 Å². The molecule has 0 unspecified atom stereocenters. The normalized spacial score (nSPS) is 17.8. The molecular weight excluding hydrogens is 304 g/mol. The molecule has 6 nitrogen and oxygen atoms in total. The van der Waals surface area contributed by atoms with Gasteiger partial charge in [0, 0.05) is 12.4 Å². The van der Waals surface area contributed by atoms with Gasteiger partial charge in [-0.25, -0.2) is 4.79 Å². The highest BCUT2D eigenvalue weighted by atomic mass is 16.3. The molecule has 3 rings (SSSR count). The Morgan fingerprint density at radius 2 is 2.12 bits per heavy atom. The summed E-state index contributed by atoms with van der Waals surface area (Å²) in [5, 5.41) is 19.8. The maximum atomic E-state index is 12.5. The van der Waals surface area contributed by atoms with Crippen molar-refractivity contribution in [2.45, 2.75) is 37.9 Å². The molecule has 0 aliphatic heterocycles. The summed E-state index contributed by atoms with van der Waals surface area (Å²) in [7, 11) is 0. The van der Waals surface area contributed by atoms with Gasteiger partial charge in [0.05, 0.1) is 24.7 Å². The molecule has 2 atom stereocenters. The fourth-order valence-corrected chi connectivity index (χ4v) is 2.96. The fraction of sp³-hybridized carbons (Fsp3) is 0.444. The topological polar surface area (TPSA) is 79.2 Å². The smallest absolute Gasteiger partial charge is 0.315 e. The number of amides is 2. The average molecular weight is 328 g/mol. The predicted octanol–water partition coefficient (Wildman–Crippen LogP) is 2.08. The summed E-state index contributed by atoms with van der Waals surface area (Å²) in [4.78, 5) is 12.5. The molecule has 2 aromatic rings. The van der Waals surface area contributed by atoms with Gasteiger partial charge in [-0.1, -0.05) is 30.3 Å². The third-order valence-electron chi connectivity index (χ3n) is 4.64. The van der Waals surface area contributed by atoms with Crippen molar-refractivity contribution in [2.75, 3.05) is 6.61 Å². The van der Waals surface area contributed by atoms with Crippen LogP contribution in [0.25, 0.3) is 0 Å². The first-order chi connectivity index (χ1) is 11.6. The van der Waals surface area contributed by atoms with Crippen molar-refractivity contribution in [3.8, 4) is 0 Å². The lowest BCUT2D eigenvalue weighted by atomic mass is 9.97. The lowest BCUT2D eigenvalue weighted by molar-refractivity contribution is 0.153. The summed E-state index contributed by atoms with van der Waals surface area (Å²) in [6.07, 6.45) is 5.69. The highest BCUT2D eigenvalue weighted by molar-refractivity contribution is 5.75. The molecule has 1 aromatic heterocycles. The summed E-state index contributed by atoms with van der Waals surface area (Å²) >= 11 is 0. The molecule has 0 saturated heterocycles. The number of carbonyl (C=O) groups excluding carboxylic acids is 1. The minimum Gasteiger partial charge on any atom is -0.394 e. The Kier molecular flexibility index (Phi) is 4.85. The Morgan fingerprint density at radius 1 is 1.38 bits per heavy atom. The van der Waals surface area contributed by atoms with Crippen molar-refractivity contribution < 1.29 is 9.90 Å². The second-order valence-electron chi connectivity index (χ2n) is 6.64. The van der Waals surface area contributed by atoms with Crippen LogP contribution in [0.4, 0.5) is 4.79 Å². The van der Waals surface area contributed by atoms with Gasteiger partial charge in [0.25, 0.3) is 0 Å². The van der Waals surface area contributed by atoms with E-state index in [0.717, 1.165) is 18.4 Å². The van der Waals surface area contributed by atoms with Crippen LogP contribution in [0.2, 0.25) is 0 Å². The molecular formula is C18H24N4O2. The molecule has 128 valence electrons. The minimum atomic E-state index is -0.559. The average Bonchev–Trinajstić information content (AvgIpc) is 3.34. The van der Waals surface area contributed by atoms with Gasteiger partial charge in [-0.15, -0.1) is 0 Å². The van der Waals surface area contributed by atoms with E-state index in [-0.39, 0.29) is 18.7 Å². The van der Waals surface area contributed by atoms with E-state index in [1.807, 2.05) is 49.5 Å². The van der Waals surface area contributed by atoms with Crippen LogP contribution in [0.15, 0.2) is 48.8 Å². The molecule has 24 heavy (non-hydrogen) atoms. The van der Waals surface area contributed by atoms with E-state index in [9.17, 15) is 9.90 Å². The van der Waals surface area contributed by atoms with Gasteiger partial charge in [-0.3, -0.25) is 4.68 Å². The largest absolute Gasteiger partial charge is 0.394 e. The van der Waals surface area contributed by atoms with Crippen LogP contribution in [-0.4, -0.2) is 33.1 Å². The van der Waals surface area contributed by atoms with Crippen LogP contribution in [0.5, 0.6) is 0 Å². The summed E-state index contributed by atoms with van der Waals surface area (Å²) in [5.74, 6) is 0.356. The number of hydrogen-bond acceptors (Lipinski definition) is 3. The number of rotatable bonds is 7. The van der Waals surface area contributed by atoms with Gasteiger partial charge in [0.15, 0.2) is 0 Å². The molecule has 1 aliphatic carbocycles. The number of hydrogen-bond donors (Lipinski definition) is 3. The number of aliphatic hydroxyl groups is 1. The van der Waals surface area contributed by atoms with E-state index in [4.69, 9.17) is 0 Å². The van der Waals surface area contributed by atoms with Crippen LogP contribution in [0.1, 0.15) is 31.4 Å². The van der Waals surface area contributed by atoms with Crippen LogP contribution in [0.3, 0.4) is 0 Å². The molecule has 3 N–H and O–H groups in total. The van der Waals surface area contributed by atoms with Gasteiger partial charge in [0.2, 0.25) is 0 Å². The Hall–Kier alpha value is -2.34. The van der Waals surface area contributed by atoms with Crippen LogP contribution in [-0.2, 0) is 6.54 Å². The molecule has 1 saturated carbocycles. The molecule has 1 heterocycles. The summed E-state index contributed by atoms with van der Waals surface area (Å²) < 4.78 is 1.80. The molecule has 1 fully saturated rings. The van der Waals surface area contributed by atoms with Crippen molar-refractivity contribution in [1.82, 2.24) is 20.4 Å². The highest BCUT2D eigenvalue weighted by Crippen LogP contribution is 2.39. The molecule has 6 heteroatoms. The standard InChI is InChI=1S/C18H24N4O2/c1-18(13-23,15-8-9-15)21-17(24)20-16(12-22-11-5-10-19-22)14-6-3-2-4-7-14/h2-7,10-11,15-16,23H,8-9,12-13H2,1H3,(H2,20,21,24)/t16-,18+/m1/s1. The summed E-state index contributed by atoms with van der Waals surface area (Å²) in [5.41, 5.74) is 0.456. The number of benzene rings is 1. The van der Waals surface area contributed by atoms with Crippen molar-refractivity contribution in [2.24, 2.45) is 5.92 Å². The Balaban J connectivity index is 1.70. The Morgan fingerprint density at radius 3 is 2.71 bits per heavy atom. The minimum absolute atomic E-state index is 0.0553. The van der Waals surface area contributed by atoms with Gasteiger partial charge >= 0.3 is 6.03 Å². The van der Waals surface area contributed by atoms with Gasteiger partial charge in [-0.05, 0) is 37.3 Å². The maximum absolute atomic E-state index is 12.5. The first kappa shape index (κ1) is 16.5. The zero-order valence-corrected chi connectivity index (χ0v) is 13.9. The van der Waals surface area contributed by atoms with E-state index < -0.39 is 5.54 Å². The molecule has 0 radical (unpaired) electrons. The lowest BCUT2D eigenvalue weighted by Crippen LogP contribution is -2.54. The number of aromatic nitrogens is 2. The second kappa shape index (κ2) is 7.05. The molecule has 1 aliphatic rings. The predicted molar refractivity (Wildman–Crippen MR) is 91.3 cm³/mol. The van der Waals surface area contributed by atoms with E-state index in [2.05, 4.69) is 15.7 Å². The van der Waals surface area contributed by atoms with Gasteiger partial charge in [0.1, 0.15) is 0 Å². The third kappa shape index (κ3) is 3.94. The van der Waals surface area contributed by atoms with Crippen molar-refractivity contribution in [3.63, 3.8) is 0 Å². The number of aliphatic hydroxyl groups excluding tert-OH is 1. The van der Waals surface area contributed by atoms with Gasteiger partial charge in [-0.2, -0.15) is 5.10 Å². The first-order valence-electron chi connectivity index (χ1n) is 8.32. The Bertz CT molecular complexity index is 655. The quantitative estimate of drug-likeness (QED) is 0.728. The van der Waals surface area contributed by atoms with Gasteiger partial charge < -0.3 is 15.7 Å². The molecule has 2 amide bonds. The second-order valence-corrected chi connectivity index (χ2v) is 6.64. The zero-order valence-electron chi connectivity index (χ0n) is 13.9. The maximum Gasteiger partial charge on any atom is 0.315 e. The summed E-state index contributed by atoms with van der Waals surface area (Å²) in [6, 6.07) is 11.2. The number of nitrogens with zero attached hydrogens (tertiary/aromatic N) is 2. The highest BCUT2D eigenvalue weighted by Gasteiger charge is 2.42. The summed E-state index contributed by atoms with van der Waals surface area (Å²) in [6.45, 7) is 2.39. The number of nitrogens with one attached hydrogen (secondary N) is 2. The van der Waals surface area contributed by atoms with E-state index in [1.54, 1.807) is 10.9 Å². The SMILES string of the molecule is C[C@@](CO)(NC(=O)N[C@H](Cn1cccn1)c1ccccc1)C1CC1. The van der Waals surface area contributed by atoms with Crippen molar-refractivity contribution in [1.29, 1.82) is 0 Å².